The number of hydrogen-bond acceptors (Lipinski definition) is 0. The zero-order valence-corrected chi connectivity index (χ0v) is 10.7. The highest BCUT2D eigenvalue weighted by molar-refractivity contribution is 6.48. The fourth-order valence-electron chi connectivity index (χ4n) is 0.597. The lowest BCUT2D eigenvalue weighted by Gasteiger charge is -2.26. The molecule has 0 bridgehead atoms. The van der Waals surface area contributed by atoms with Crippen molar-refractivity contribution < 1.29 is 22.0 Å². The second kappa shape index (κ2) is 5.65. The van der Waals surface area contributed by atoms with Crippen LogP contribution in [-0.4, -0.2) is 22.1 Å². The lowest BCUT2D eigenvalue weighted by molar-refractivity contribution is 0.00598. The van der Waals surface area contributed by atoms with E-state index in [9.17, 15) is 22.0 Å². The fraction of sp³-hybridized carbons (Fsp3) is 0.667. The average Bonchev–Trinajstić information content (AvgIpc) is 2.12. The van der Waals surface area contributed by atoms with E-state index >= 15 is 0 Å². The summed E-state index contributed by atoms with van der Waals surface area (Å²) in [5, 5.41) is -6.79. The van der Waals surface area contributed by atoms with Gasteiger partial charge in [0.15, 0.2) is 6.17 Å². The molecule has 0 aromatic heterocycles. The molecule has 0 radical (unpaired) electrons. The summed E-state index contributed by atoms with van der Waals surface area (Å²) in [5.41, 5.74) is 0. The van der Waals surface area contributed by atoms with Crippen LogP contribution in [0.25, 0.3) is 0 Å². The summed E-state index contributed by atoms with van der Waals surface area (Å²) in [5.74, 6) is -4.46. The Balaban J connectivity index is 5.13. The topological polar surface area (TPSA) is 0 Å². The van der Waals surface area contributed by atoms with Crippen LogP contribution < -0.4 is 0 Å². The van der Waals surface area contributed by atoms with Crippen LogP contribution in [0, 0.1) is 0 Å². The lowest BCUT2D eigenvalue weighted by atomic mass is 10.1. The van der Waals surface area contributed by atoms with Gasteiger partial charge in [-0.3, -0.25) is 0 Å². The molecule has 0 amide bonds. The Morgan fingerprint density at radius 2 is 1.44 bits per heavy atom. The minimum absolute atomic E-state index is 1.87. The van der Waals surface area contributed by atoms with Crippen LogP contribution in [0.15, 0.2) is 10.3 Å². The van der Waals surface area contributed by atoms with Crippen molar-refractivity contribution in [3.8, 4) is 0 Å². The van der Waals surface area contributed by atoms with Gasteiger partial charge in [0.1, 0.15) is 10.4 Å². The Kier molecular flexibility index (Phi) is 5.95. The van der Waals surface area contributed by atoms with E-state index in [-0.39, 0.29) is 0 Å². The second-order valence-electron chi connectivity index (χ2n) is 2.54. The van der Waals surface area contributed by atoms with Crippen LogP contribution in [0.5, 0.6) is 0 Å². The van der Waals surface area contributed by atoms with E-state index in [4.69, 9.17) is 23.2 Å². The van der Waals surface area contributed by atoms with Crippen molar-refractivity contribution in [2.24, 2.45) is 0 Å². The minimum Gasteiger partial charge on any atom is -0.239 e. The third-order valence-corrected chi connectivity index (χ3v) is 2.99. The fourth-order valence-corrected chi connectivity index (χ4v) is 1.56. The summed E-state index contributed by atoms with van der Waals surface area (Å²) in [4.78, 5) is 0. The summed E-state index contributed by atoms with van der Waals surface area (Å²) in [6.07, 6.45) is -3.21. The van der Waals surface area contributed by atoms with Gasteiger partial charge in [0.25, 0.3) is 4.59 Å². The molecule has 16 heavy (non-hydrogen) atoms. The highest BCUT2D eigenvalue weighted by Gasteiger charge is 2.54. The Bertz CT molecular complexity index is 282. The summed E-state index contributed by atoms with van der Waals surface area (Å²) in [6.45, 7) is 0. The first-order valence-electron chi connectivity index (χ1n) is 3.36. The molecule has 2 unspecified atom stereocenters. The van der Waals surface area contributed by atoms with Gasteiger partial charge in [0, 0.05) is 0 Å². The van der Waals surface area contributed by atoms with Gasteiger partial charge < -0.3 is 0 Å². The van der Waals surface area contributed by atoms with Gasteiger partial charge >= 0.3 is 5.92 Å². The van der Waals surface area contributed by atoms with Gasteiger partial charge in [-0.1, -0.05) is 34.8 Å². The van der Waals surface area contributed by atoms with Crippen LogP contribution in [0.4, 0.5) is 22.0 Å². The van der Waals surface area contributed by atoms with E-state index in [0.717, 1.165) is 0 Å². The minimum atomic E-state index is -4.46. The Morgan fingerprint density at radius 1 is 1.06 bits per heavy atom. The first-order valence-corrected chi connectivity index (χ1v) is 5.31. The van der Waals surface area contributed by atoms with Crippen LogP contribution in [0.3, 0.4) is 0 Å². The van der Waals surface area contributed by atoms with E-state index < -0.39 is 32.4 Å². The molecule has 0 N–H and O–H groups in total. The van der Waals surface area contributed by atoms with Gasteiger partial charge in [-0.25, -0.2) is 8.78 Å². The quantitative estimate of drug-likeness (QED) is 0.480. The van der Waals surface area contributed by atoms with Crippen molar-refractivity contribution >= 4 is 58.0 Å². The first-order chi connectivity index (χ1) is 6.92. The van der Waals surface area contributed by atoms with Gasteiger partial charge in [-0.2, -0.15) is 13.2 Å². The third kappa shape index (κ3) is 3.95. The lowest BCUT2D eigenvalue weighted by Crippen LogP contribution is -2.43. The number of rotatable bonds is 4. The molecule has 0 saturated heterocycles. The summed E-state index contributed by atoms with van der Waals surface area (Å²) < 4.78 is 60.2. The number of hydrogen-bond donors (Lipinski definition) is 0. The van der Waals surface area contributed by atoms with Crippen LogP contribution in [0.2, 0.25) is 0 Å². The van der Waals surface area contributed by atoms with E-state index in [1.165, 1.54) is 0 Å². The van der Waals surface area contributed by atoms with Crippen molar-refractivity contribution in [3.05, 3.63) is 10.3 Å². The number of allylic oxidation sites excluding steroid dienone is 1. The Labute approximate surface area is 112 Å². The summed E-state index contributed by atoms with van der Waals surface area (Å²) >= 11 is 23.3. The molecule has 0 spiro atoms. The van der Waals surface area contributed by atoms with Crippen LogP contribution in [0.1, 0.15) is 0 Å². The normalized spacial score (nSPS) is 19.1. The van der Waals surface area contributed by atoms with Gasteiger partial charge in [0.2, 0.25) is 5.29 Å². The molecule has 0 aromatic rings. The second-order valence-corrected chi connectivity index (χ2v) is 5.02. The summed E-state index contributed by atoms with van der Waals surface area (Å²) in [7, 11) is 0. The maximum atomic E-state index is 13.1. The molecule has 0 aliphatic rings. The zero-order chi connectivity index (χ0) is 13.3. The van der Waals surface area contributed by atoms with Gasteiger partial charge in [-0.05, 0) is 11.6 Å². The monoisotopic (exact) mass is 344 g/mol. The van der Waals surface area contributed by atoms with E-state index in [0.29, 0.717) is 0 Å². The Hall–Kier alpha value is 0.840. The van der Waals surface area contributed by atoms with Gasteiger partial charge in [0.05, 0.1) is 0 Å². The molecule has 0 nitrogen and oxygen atoms in total. The van der Waals surface area contributed by atoms with E-state index in [1.54, 1.807) is 0 Å². The van der Waals surface area contributed by atoms with Crippen molar-refractivity contribution in [1.29, 1.82) is 0 Å². The summed E-state index contributed by atoms with van der Waals surface area (Å²) in [6, 6.07) is 0. The highest BCUT2D eigenvalue weighted by atomic mass is 35.5. The van der Waals surface area contributed by atoms with Gasteiger partial charge in [-0.15, -0.1) is 11.6 Å². The molecule has 10 heteroatoms. The predicted octanol–water partition coefficient (Wildman–Crippen LogP) is 5.28. The Morgan fingerprint density at radius 3 is 1.69 bits per heavy atom. The standard InChI is InChI=1S/C6H2Cl5F5/c7-1(3(12)6(10,11)16)5(14,15)2(8)4(9)13/h1,3H. The SMILES string of the molecule is FC(Cl)=C(Cl)C(F)(F)C(Cl)C(F)C(F)(Cl)Cl. The average molecular weight is 346 g/mol. The molecule has 0 saturated carbocycles. The first kappa shape index (κ1) is 16.8. The van der Waals surface area contributed by atoms with E-state index in [2.05, 4.69) is 34.8 Å². The third-order valence-electron chi connectivity index (χ3n) is 1.37. The van der Waals surface area contributed by atoms with Crippen molar-refractivity contribution in [3.63, 3.8) is 0 Å². The molecule has 2 atom stereocenters. The van der Waals surface area contributed by atoms with Crippen LogP contribution >= 0.6 is 58.0 Å². The smallest absolute Gasteiger partial charge is 0.239 e. The molecular weight excluding hydrogens is 344 g/mol. The highest BCUT2D eigenvalue weighted by Crippen LogP contribution is 2.44. The predicted molar refractivity (Wildman–Crippen MR) is 54.9 cm³/mol. The van der Waals surface area contributed by atoms with Crippen molar-refractivity contribution in [1.82, 2.24) is 0 Å². The molecule has 0 heterocycles. The van der Waals surface area contributed by atoms with Crippen molar-refractivity contribution in [2.75, 3.05) is 0 Å². The maximum Gasteiger partial charge on any atom is 0.306 e. The van der Waals surface area contributed by atoms with Crippen LogP contribution in [-0.2, 0) is 0 Å². The molecule has 0 aliphatic heterocycles. The maximum absolute atomic E-state index is 13.1. The molecule has 96 valence electrons. The molecular formula is C6H2Cl5F5. The van der Waals surface area contributed by atoms with E-state index in [1.807, 2.05) is 0 Å². The molecule has 0 rings (SSSR count). The number of halogens is 10. The molecule has 0 aliphatic carbocycles. The molecule has 0 aromatic carbocycles. The zero-order valence-electron chi connectivity index (χ0n) is 6.93. The largest absolute Gasteiger partial charge is 0.306 e. The van der Waals surface area contributed by atoms with Crippen molar-refractivity contribution in [2.45, 2.75) is 22.1 Å². The molecule has 0 fully saturated rings. The number of alkyl halides is 7.